The largest absolute Gasteiger partial charge is 0.465 e. The summed E-state index contributed by atoms with van der Waals surface area (Å²) in [5.74, 6) is -0.346. The van der Waals surface area contributed by atoms with Crippen LogP contribution >= 0.6 is 11.8 Å². The lowest BCUT2D eigenvalue weighted by Crippen LogP contribution is -2.24. The van der Waals surface area contributed by atoms with Gasteiger partial charge in [0.2, 0.25) is 0 Å². The van der Waals surface area contributed by atoms with E-state index in [0.717, 1.165) is 19.3 Å². The van der Waals surface area contributed by atoms with Gasteiger partial charge in [-0.1, -0.05) is 53.7 Å². The van der Waals surface area contributed by atoms with Gasteiger partial charge in [0.25, 0.3) is 5.56 Å². The molecule has 0 atom stereocenters. The van der Waals surface area contributed by atoms with Crippen molar-refractivity contribution >= 4 is 34.4 Å². The van der Waals surface area contributed by atoms with Crippen LogP contribution in [0.25, 0.3) is 10.9 Å². The average Bonchev–Trinajstić information content (AvgIpc) is 2.87. The number of carbonyl (C=O) groups is 2. The number of Topliss-reactive ketones (excluding diaryl/α,β-unsaturated/α-hetero) is 1. The summed E-state index contributed by atoms with van der Waals surface area (Å²) in [6, 6.07) is 13.9. The van der Waals surface area contributed by atoms with Crippen molar-refractivity contribution in [2.75, 3.05) is 12.9 Å². The molecule has 7 heteroatoms. The van der Waals surface area contributed by atoms with Crippen LogP contribution in [-0.4, -0.2) is 34.2 Å². The van der Waals surface area contributed by atoms with Crippen molar-refractivity contribution in [1.82, 2.24) is 9.55 Å². The number of methoxy groups -OCH3 is 1. The van der Waals surface area contributed by atoms with Gasteiger partial charge in [-0.3, -0.25) is 14.2 Å². The maximum atomic E-state index is 13.4. The van der Waals surface area contributed by atoms with E-state index in [1.54, 1.807) is 34.9 Å². The SMILES string of the molecule is COC(=O)c1ccc2c(=O)n(CCC3=CCCCC3)c(SCC(=O)c3ccccc3)nc2c1. The van der Waals surface area contributed by atoms with Gasteiger partial charge in [0.15, 0.2) is 10.9 Å². The molecule has 6 nitrogen and oxygen atoms in total. The van der Waals surface area contributed by atoms with E-state index in [9.17, 15) is 14.4 Å². The topological polar surface area (TPSA) is 78.3 Å². The van der Waals surface area contributed by atoms with Gasteiger partial charge in [-0.2, -0.15) is 0 Å². The van der Waals surface area contributed by atoms with E-state index in [1.807, 2.05) is 18.2 Å². The summed E-state index contributed by atoms with van der Waals surface area (Å²) in [4.78, 5) is 42.7. The summed E-state index contributed by atoms with van der Waals surface area (Å²) in [6.45, 7) is 0.508. The predicted octanol–water partition coefficient (Wildman–Crippen LogP) is 5.05. The molecule has 0 fully saturated rings. The lowest BCUT2D eigenvalue weighted by molar-refractivity contribution is 0.0600. The summed E-state index contributed by atoms with van der Waals surface area (Å²) in [5, 5.41) is 0.925. The minimum Gasteiger partial charge on any atom is -0.465 e. The predicted molar refractivity (Wildman–Crippen MR) is 130 cm³/mol. The summed E-state index contributed by atoms with van der Waals surface area (Å²) in [6.07, 6.45) is 7.61. The first-order valence-corrected chi connectivity index (χ1v) is 12.1. The fourth-order valence-corrected chi connectivity index (χ4v) is 4.90. The molecule has 2 aromatic carbocycles. The summed E-state index contributed by atoms with van der Waals surface area (Å²) >= 11 is 1.25. The van der Waals surface area contributed by atoms with Crippen LogP contribution in [0.1, 0.15) is 52.8 Å². The molecule has 0 aliphatic heterocycles. The zero-order valence-corrected chi connectivity index (χ0v) is 19.4. The fourth-order valence-electron chi connectivity index (χ4n) is 3.98. The van der Waals surface area contributed by atoms with Gasteiger partial charge in [-0.05, 0) is 50.3 Å². The molecule has 1 aliphatic rings. The van der Waals surface area contributed by atoms with Gasteiger partial charge in [0.1, 0.15) is 0 Å². The monoisotopic (exact) mass is 462 g/mol. The highest BCUT2D eigenvalue weighted by Gasteiger charge is 2.17. The Morgan fingerprint density at radius 2 is 1.91 bits per heavy atom. The maximum absolute atomic E-state index is 13.4. The zero-order chi connectivity index (χ0) is 23.2. The minimum absolute atomic E-state index is 0.0280. The van der Waals surface area contributed by atoms with Crippen LogP contribution in [0.5, 0.6) is 0 Å². The number of allylic oxidation sites excluding steroid dienone is 2. The Bertz CT molecular complexity index is 1260. The minimum atomic E-state index is -0.486. The van der Waals surface area contributed by atoms with Crippen molar-refractivity contribution in [3.63, 3.8) is 0 Å². The van der Waals surface area contributed by atoms with Crippen LogP contribution in [-0.2, 0) is 11.3 Å². The second-order valence-corrected chi connectivity index (χ2v) is 8.95. The first-order chi connectivity index (χ1) is 16.1. The van der Waals surface area contributed by atoms with Crippen LogP contribution in [0.4, 0.5) is 0 Å². The lowest BCUT2D eigenvalue weighted by atomic mass is 9.97. The number of rotatable bonds is 8. The van der Waals surface area contributed by atoms with E-state index < -0.39 is 5.97 Å². The lowest BCUT2D eigenvalue weighted by Gasteiger charge is -2.16. The third kappa shape index (κ3) is 5.42. The highest BCUT2D eigenvalue weighted by molar-refractivity contribution is 7.99. The zero-order valence-electron chi connectivity index (χ0n) is 18.6. The van der Waals surface area contributed by atoms with Crippen molar-refractivity contribution in [1.29, 1.82) is 0 Å². The smallest absolute Gasteiger partial charge is 0.337 e. The number of thioether (sulfide) groups is 1. The van der Waals surface area contributed by atoms with E-state index in [4.69, 9.17) is 4.74 Å². The summed E-state index contributed by atoms with van der Waals surface area (Å²) in [5.41, 5.74) is 2.58. The molecule has 1 heterocycles. The number of carbonyl (C=O) groups excluding carboxylic acids is 2. The molecule has 170 valence electrons. The molecule has 0 N–H and O–H groups in total. The second kappa shape index (κ2) is 10.6. The van der Waals surface area contributed by atoms with E-state index in [1.165, 1.54) is 37.3 Å². The number of ketones is 1. The van der Waals surface area contributed by atoms with Gasteiger partial charge in [0.05, 0.1) is 29.3 Å². The molecule has 0 unspecified atom stereocenters. The van der Waals surface area contributed by atoms with Gasteiger partial charge >= 0.3 is 5.97 Å². The molecule has 0 saturated carbocycles. The number of aromatic nitrogens is 2. The molecule has 0 radical (unpaired) electrons. The quantitative estimate of drug-likeness (QED) is 0.153. The maximum Gasteiger partial charge on any atom is 0.337 e. The number of hydrogen-bond acceptors (Lipinski definition) is 6. The Kier molecular flexibility index (Phi) is 7.40. The van der Waals surface area contributed by atoms with Crippen molar-refractivity contribution in [3.8, 4) is 0 Å². The first kappa shape index (κ1) is 23.0. The molecule has 1 aromatic heterocycles. The number of esters is 1. The molecule has 33 heavy (non-hydrogen) atoms. The van der Waals surface area contributed by atoms with Gasteiger partial charge in [0, 0.05) is 12.1 Å². The third-order valence-corrected chi connectivity index (χ3v) is 6.79. The molecular formula is C26H26N2O4S. The van der Waals surface area contributed by atoms with Crippen LogP contribution in [0.15, 0.2) is 70.1 Å². The molecule has 1 aliphatic carbocycles. The van der Waals surface area contributed by atoms with Crippen molar-refractivity contribution < 1.29 is 14.3 Å². The Balaban J connectivity index is 1.67. The molecule has 4 rings (SSSR count). The van der Waals surface area contributed by atoms with E-state index in [2.05, 4.69) is 11.1 Å². The van der Waals surface area contributed by atoms with Crippen molar-refractivity contribution in [3.05, 3.63) is 81.7 Å². The number of fused-ring (bicyclic) bond motifs is 1. The summed E-state index contributed by atoms with van der Waals surface area (Å²) in [7, 11) is 1.31. The molecule has 0 spiro atoms. The van der Waals surface area contributed by atoms with Crippen molar-refractivity contribution in [2.45, 2.75) is 43.8 Å². The highest BCUT2D eigenvalue weighted by Crippen LogP contribution is 2.24. The Labute approximate surface area is 196 Å². The molecule has 3 aromatic rings. The number of benzene rings is 2. The molecule has 0 amide bonds. The van der Waals surface area contributed by atoms with Gasteiger partial charge < -0.3 is 4.74 Å². The van der Waals surface area contributed by atoms with Gasteiger partial charge in [-0.15, -0.1) is 0 Å². The molecular weight excluding hydrogens is 436 g/mol. The average molecular weight is 463 g/mol. The van der Waals surface area contributed by atoms with E-state index in [0.29, 0.717) is 33.7 Å². The Morgan fingerprint density at radius 3 is 2.64 bits per heavy atom. The number of nitrogens with zero attached hydrogens (tertiary/aromatic N) is 2. The summed E-state index contributed by atoms with van der Waals surface area (Å²) < 4.78 is 6.46. The number of ether oxygens (including phenoxy) is 1. The normalized spacial score (nSPS) is 13.5. The van der Waals surface area contributed by atoms with E-state index in [-0.39, 0.29) is 17.1 Å². The van der Waals surface area contributed by atoms with Crippen LogP contribution in [0.3, 0.4) is 0 Å². The second-order valence-electron chi connectivity index (χ2n) is 8.01. The van der Waals surface area contributed by atoms with Crippen LogP contribution in [0.2, 0.25) is 0 Å². The van der Waals surface area contributed by atoms with E-state index >= 15 is 0 Å². The first-order valence-electron chi connectivity index (χ1n) is 11.1. The molecule has 0 saturated heterocycles. The fraction of sp³-hybridized carbons (Fsp3) is 0.308. The van der Waals surface area contributed by atoms with Crippen molar-refractivity contribution in [2.24, 2.45) is 0 Å². The van der Waals surface area contributed by atoms with Crippen LogP contribution < -0.4 is 5.56 Å². The molecule has 0 bridgehead atoms. The Hall–Kier alpha value is -3.19. The highest BCUT2D eigenvalue weighted by atomic mass is 32.2. The number of hydrogen-bond donors (Lipinski definition) is 0. The Morgan fingerprint density at radius 1 is 1.09 bits per heavy atom. The van der Waals surface area contributed by atoms with Crippen LogP contribution in [0, 0.1) is 0 Å². The third-order valence-electron chi connectivity index (χ3n) is 5.81. The van der Waals surface area contributed by atoms with Gasteiger partial charge in [-0.25, -0.2) is 9.78 Å². The standard InChI is InChI=1S/C26H26N2O4S/c1-32-25(31)20-12-13-21-22(16-20)27-26(33-17-23(29)19-10-6-3-7-11-19)28(24(21)30)15-14-18-8-4-2-5-9-18/h3,6-8,10-13,16H,2,4-5,9,14-15,17H2,1H3.